The van der Waals surface area contributed by atoms with Gasteiger partial charge >= 0.3 is 12.1 Å². The first kappa shape index (κ1) is 72.2. The van der Waals surface area contributed by atoms with Crippen LogP contribution in [-0.2, 0) is 52.6 Å². The fraction of sp³-hybridized carbons (Fsp3) is 0.786. The second-order valence-electron chi connectivity index (χ2n) is 23.5. The summed E-state index contributed by atoms with van der Waals surface area (Å²) in [6.45, 7) is 27.6. The molecule has 0 saturated carbocycles. The van der Waals surface area contributed by atoms with Crippen LogP contribution in [0.25, 0.3) is 0 Å². The van der Waals surface area contributed by atoms with Crippen molar-refractivity contribution in [2.75, 3.05) is 55.9 Å². The number of carboxylic acid groups (broad SMARTS) is 1. The van der Waals surface area contributed by atoms with E-state index in [1.165, 1.54) is 87.7 Å². The van der Waals surface area contributed by atoms with Crippen LogP contribution in [0, 0.1) is 29.6 Å². The van der Waals surface area contributed by atoms with E-state index in [0.29, 0.717) is 6.42 Å². The predicted molar refractivity (Wildman–Crippen MR) is 299 cm³/mol. The van der Waals surface area contributed by atoms with E-state index in [2.05, 4.69) is 16.0 Å². The van der Waals surface area contributed by atoms with E-state index in [9.17, 15) is 43.5 Å². The second kappa shape index (κ2) is 32.9. The number of amides is 9. The molecule has 0 aliphatic rings. The number of aliphatic carboxylic acids is 1. The summed E-state index contributed by atoms with van der Waals surface area (Å²) in [5, 5.41) is 17.4. The molecule has 78 heavy (non-hydrogen) atoms. The highest BCUT2D eigenvalue weighted by atomic mass is 16.6. The molecule has 0 bridgehead atoms. The quantitative estimate of drug-likeness (QED) is 0.0703. The molecule has 0 fully saturated rings. The molecule has 0 aromatic heterocycles. The van der Waals surface area contributed by atoms with Gasteiger partial charge in [0.1, 0.15) is 60.5 Å². The first-order chi connectivity index (χ1) is 35.8. The molecule has 4 N–H and O–H groups in total. The van der Waals surface area contributed by atoms with Gasteiger partial charge in [0.2, 0.25) is 47.3 Å². The molecule has 0 aliphatic carbocycles. The van der Waals surface area contributed by atoms with Crippen molar-refractivity contribution in [3.05, 3.63) is 12.2 Å². The van der Waals surface area contributed by atoms with Crippen LogP contribution in [0.1, 0.15) is 143 Å². The summed E-state index contributed by atoms with van der Waals surface area (Å²) in [5.74, 6) is -7.44. The minimum absolute atomic E-state index is 0.00288. The lowest BCUT2D eigenvalue weighted by Crippen LogP contribution is -2.63. The third kappa shape index (κ3) is 22.1. The molecule has 0 unspecified atom stereocenters. The van der Waals surface area contributed by atoms with Gasteiger partial charge in [-0.2, -0.15) is 0 Å². The summed E-state index contributed by atoms with van der Waals surface area (Å²) in [7, 11) is 9.98. The van der Waals surface area contributed by atoms with Crippen LogP contribution in [-0.4, -0.2) is 210 Å². The number of hydrogen-bond donors (Lipinski definition) is 4. The van der Waals surface area contributed by atoms with Gasteiger partial charge in [0.15, 0.2) is 0 Å². The number of hydrogen-bond acceptors (Lipinski definition) is 12. The molecule has 0 aromatic rings. The van der Waals surface area contributed by atoms with Crippen LogP contribution >= 0.6 is 0 Å². The molecule has 9 amide bonds. The number of allylic oxidation sites excluding steroid dienone is 2. The van der Waals surface area contributed by atoms with Gasteiger partial charge in [-0.1, -0.05) is 81.4 Å². The Morgan fingerprint density at radius 1 is 0.551 bits per heavy atom. The van der Waals surface area contributed by atoms with Gasteiger partial charge in [0, 0.05) is 49.4 Å². The number of rotatable bonds is 31. The Kier molecular flexibility index (Phi) is 30.5. The third-order valence-electron chi connectivity index (χ3n) is 13.6. The molecule has 10 atom stereocenters. The van der Waals surface area contributed by atoms with E-state index >= 15 is 9.59 Å². The standard InChI is InChI=1S/C56H101N9O13/c1-24-26-27-36(11)46(77-23)45(49(70)59-39(25-2)51(72)60(17)31-43(66)67)65(22)54(75)44(35(9)10)64(21)53(74)42(30-34(7)8)62(19)52(73)41(29-33(5)6)61(18)50(71)38(13)58-47(68)37(12)57-48(69)40(28-32(3)4)63(20)55(76)78-56(14,15)16/h24,26,32-42,44-46H,25,27-31H2,1-23H3,(H,57,69)(H,58,68)(H,59,70)(H,66,67)/b26-24+/t36-,37+,38-,39+,40+,41+,42+,44+,45+,46-/m1/s1. The zero-order chi connectivity index (χ0) is 61.0. The number of nitrogens with zero attached hydrogens (tertiary/aromatic N) is 6. The minimum Gasteiger partial charge on any atom is -0.480 e. The molecule has 448 valence electrons. The number of carbonyl (C=O) groups excluding carboxylic acids is 9. The van der Waals surface area contributed by atoms with Gasteiger partial charge in [0.25, 0.3) is 0 Å². The number of carboxylic acids is 1. The van der Waals surface area contributed by atoms with E-state index in [1.54, 1.807) is 41.5 Å². The van der Waals surface area contributed by atoms with Crippen molar-refractivity contribution in [2.24, 2.45) is 29.6 Å². The molecule has 0 radical (unpaired) electrons. The van der Waals surface area contributed by atoms with Gasteiger partial charge in [-0.05, 0) is 103 Å². The van der Waals surface area contributed by atoms with Gasteiger partial charge in [-0.25, -0.2) is 4.79 Å². The van der Waals surface area contributed by atoms with E-state index in [4.69, 9.17) is 9.47 Å². The van der Waals surface area contributed by atoms with Crippen LogP contribution in [0.5, 0.6) is 0 Å². The largest absolute Gasteiger partial charge is 0.480 e. The molecule has 0 aliphatic heterocycles. The van der Waals surface area contributed by atoms with E-state index in [1.807, 2.05) is 67.5 Å². The number of likely N-dealkylation sites (N-methyl/N-ethyl adjacent to an activating group) is 6. The van der Waals surface area contributed by atoms with Crippen molar-refractivity contribution in [1.29, 1.82) is 0 Å². The molecular weight excluding hydrogens is 1010 g/mol. The zero-order valence-electron chi connectivity index (χ0n) is 51.5. The lowest BCUT2D eigenvalue weighted by Gasteiger charge is -2.42. The molecule has 0 aromatic carbocycles. The van der Waals surface area contributed by atoms with Gasteiger partial charge in [-0.15, -0.1) is 0 Å². The number of nitrogens with one attached hydrogen (secondary N) is 3. The highest BCUT2D eigenvalue weighted by molar-refractivity contribution is 5.98. The topological polar surface area (TPSA) is 265 Å². The van der Waals surface area contributed by atoms with Crippen molar-refractivity contribution in [3.8, 4) is 0 Å². The highest BCUT2D eigenvalue weighted by Gasteiger charge is 2.45. The smallest absolute Gasteiger partial charge is 0.410 e. The number of ether oxygens (including phenoxy) is 2. The Morgan fingerprint density at radius 3 is 1.42 bits per heavy atom. The van der Waals surface area contributed by atoms with Crippen LogP contribution in [0.4, 0.5) is 4.79 Å². The molecule has 0 spiro atoms. The van der Waals surface area contributed by atoms with E-state index < -0.39 is 132 Å². The van der Waals surface area contributed by atoms with Gasteiger partial charge in [0.05, 0.1) is 6.10 Å². The Labute approximate surface area is 466 Å². The number of carbonyl (C=O) groups is 10. The van der Waals surface area contributed by atoms with Crippen molar-refractivity contribution < 1.29 is 62.5 Å². The lowest BCUT2D eigenvalue weighted by molar-refractivity contribution is -0.158. The average Bonchev–Trinajstić information content (AvgIpc) is 3.33. The fourth-order valence-corrected chi connectivity index (χ4v) is 9.17. The Morgan fingerprint density at radius 2 is 1.00 bits per heavy atom. The summed E-state index contributed by atoms with van der Waals surface area (Å²) in [5.41, 5.74) is -0.811. The van der Waals surface area contributed by atoms with Crippen LogP contribution in [0.15, 0.2) is 12.2 Å². The molecule has 0 heterocycles. The van der Waals surface area contributed by atoms with E-state index in [-0.39, 0.29) is 49.4 Å². The monoisotopic (exact) mass is 1110 g/mol. The summed E-state index contributed by atoms with van der Waals surface area (Å²) < 4.78 is 11.4. The maximum atomic E-state index is 15.0. The van der Waals surface area contributed by atoms with Crippen molar-refractivity contribution in [1.82, 2.24) is 45.3 Å². The SMILES string of the molecule is C/C=C/C[C@@H](C)[C@@H](OC)[C@@H](C(=O)N[C@@H](CC)C(=O)N(C)CC(=O)O)N(C)C(=O)[C@H](C(C)C)N(C)C(=O)[C@H](CC(C)C)N(C)C(=O)[C@H](CC(C)C)N(C)C(=O)[C@@H](C)NC(=O)[C@H](C)NC(=O)[C@H](CC(C)C)N(C)C(=O)OC(C)(C)C. The number of methoxy groups -OCH3 is 1. The average molecular weight is 1110 g/mol. The summed E-state index contributed by atoms with van der Waals surface area (Å²) >= 11 is 0. The summed E-state index contributed by atoms with van der Waals surface area (Å²) in [6.07, 6.45) is 3.30. The first-order valence-electron chi connectivity index (χ1n) is 27.4. The van der Waals surface area contributed by atoms with Crippen molar-refractivity contribution >= 4 is 59.3 Å². The highest BCUT2D eigenvalue weighted by Crippen LogP contribution is 2.26. The first-order valence-corrected chi connectivity index (χ1v) is 27.4. The molecule has 0 rings (SSSR count). The van der Waals surface area contributed by atoms with Crippen molar-refractivity contribution in [2.45, 2.75) is 203 Å². The third-order valence-corrected chi connectivity index (χ3v) is 13.6. The lowest BCUT2D eigenvalue weighted by atomic mass is 9.91. The summed E-state index contributed by atoms with van der Waals surface area (Å²) in [6, 6.07) is -9.20. The fourth-order valence-electron chi connectivity index (χ4n) is 9.17. The van der Waals surface area contributed by atoms with Crippen LogP contribution < -0.4 is 16.0 Å². The molecule has 0 saturated heterocycles. The zero-order valence-corrected chi connectivity index (χ0v) is 51.5. The van der Waals surface area contributed by atoms with Crippen LogP contribution in [0.2, 0.25) is 0 Å². The Bertz CT molecular complexity index is 2060. The van der Waals surface area contributed by atoms with Crippen molar-refractivity contribution in [3.63, 3.8) is 0 Å². The van der Waals surface area contributed by atoms with Gasteiger partial charge < -0.3 is 55.0 Å². The maximum absolute atomic E-state index is 15.0. The second-order valence-corrected chi connectivity index (χ2v) is 23.5. The molecule has 22 nitrogen and oxygen atoms in total. The normalized spacial score (nSPS) is 15.7. The molecule has 22 heteroatoms. The summed E-state index contributed by atoms with van der Waals surface area (Å²) in [4.78, 5) is 146. The van der Waals surface area contributed by atoms with E-state index in [0.717, 1.165) is 4.90 Å². The Balaban J connectivity index is 7.03. The predicted octanol–water partition coefficient (Wildman–Crippen LogP) is 4.39. The maximum Gasteiger partial charge on any atom is 0.410 e. The Hall–Kier alpha value is -5.80. The molecular formula is C56H101N9O13. The minimum atomic E-state index is -1.34. The van der Waals surface area contributed by atoms with Gasteiger partial charge in [-0.3, -0.25) is 48.1 Å². The van der Waals surface area contributed by atoms with Crippen LogP contribution in [0.3, 0.4) is 0 Å².